The topological polar surface area (TPSA) is 54.8 Å². The van der Waals surface area contributed by atoms with Crippen molar-refractivity contribution < 1.29 is 23.1 Å². The van der Waals surface area contributed by atoms with Gasteiger partial charge in [-0.1, -0.05) is 35.9 Å². The van der Waals surface area contributed by atoms with E-state index in [9.17, 15) is 18.4 Å². The van der Waals surface area contributed by atoms with E-state index in [-0.39, 0.29) is 39.2 Å². The molecule has 39 heavy (non-hydrogen) atoms. The fourth-order valence-corrected chi connectivity index (χ4v) is 5.97. The van der Waals surface area contributed by atoms with Gasteiger partial charge in [-0.25, -0.2) is 8.78 Å². The number of aromatic nitrogens is 1. The third kappa shape index (κ3) is 5.48. The van der Waals surface area contributed by atoms with Crippen molar-refractivity contribution >= 4 is 34.4 Å². The van der Waals surface area contributed by atoms with Gasteiger partial charge in [0.1, 0.15) is 0 Å². The lowest BCUT2D eigenvalue weighted by Gasteiger charge is -2.40. The second-order valence-corrected chi connectivity index (χ2v) is 10.8. The quantitative estimate of drug-likeness (QED) is 0.345. The predicted octanol–water partition coefficient (Wildman–Crippen LogP) is 5.87. The molecule has 2 aliphatic rings. The molecule has 0 N–H and O–H groups in total. The number of alkyl halides is 2. The Morgan fingerprint density at radius 3 is 2.41 bits per heavy atom. The Morgan fingerprint density at radius 2 is 1.77 bits per heavy atom. The lowest BCUT2D eigenvalue weighted by Crippen LogP contribution is -2.52. The van der Waals surface area contributed by atoms with E-state index >= 15 is 0 Å². The summed E-state index contributed by atoms with van der Waals surface area (Å²) in [6.07, 6.45) is -2.17. The molecular weight excluding hydrogens is 547 g/mol. The molecule has 6 nitrogen and oxygen atoms in total. The summed E-state index contributed by atoms with van der Waals surface area (Å²) in [6, 6.07) is 12.0. The SMILES string of the molecule is Cc1c(C(=O)Cl)cc(-c2cc(C(F)F)c(Cl)cc2C(=O)N2Cc3ccccc3C[C@H]2CN2CCOCC2)n1C. The summed E-state index contributed by atoms with van der Waals surface area (Å²) in [4.78, 5) is 30.5. The van der Waals surface area contributed by atoms with Gasteiger partial charge < -0.3 is 14.2 Å². The van der Waals surface area contributed by atoms with E-state index in [2.05, 4.69) is 11.0 Å². The van der Waals surface area contributed by atoms with Gasteiger partial charge >= 0.3 is 0 Å². The number of fused-ring (bicyclic) bond motifs is 1. The maximum Gasteiger partial charge on any atom is 0.265 e. The van der Waals surface area contributed by atoms with Crippen LogP contribution < -0.4 is 0 Å². The monoisotopic (exact) mass is 575 g/mol. The first-order chi connectivity index (χ1) is 18.7. The number of carbonyl (C=O) groups excluding carboxylic acids is 2. The summed E-state index contributed by atoms with van der Waals surface area (Å²) in [6.45, 7) is 5.59. The fourth-order valence-electron chi connectivity index (χ4n) is 5.53. The molecule has 0 bridgehead atoms. The number of hydrogen-bond donors (Lipinski definition) is 0. The Hall–Kier alpha value is -2.78. The normalized spacial score (nSPS) is 17.9. The fraction of sp³-hybridized carbons (Fsp3) is 0.379. The van der Waals surface area contributed by atoms with Crippen molar-refractivity contribution in [2.45, 2.75) is 32.4 Å². The Bertz CT molecular complexity index is 1420. The Morgan fingerprint density at radius 1 is 1.08 bits per heavy atom. The van der Waals surface area contributed by atoms with Gasteiger partial charge in [0, 0.05) is 61.8 Å². The van der Waals surface area contributed by atoms with Crippen LogP contribution in [0.5, 0.6) is 0 Å². The number of carbonyl (C=O) groups is 2. The molecule has 0 unspecified atom stereocenters. The third-order valence-electron chi connectivity index (χ3n) is 7.81. The molecule has 3 heterocycles. The number of rotatable bonds is 6. The van der Waals surface area contributed by atoms with Gasteiger partial charge in [0.15, 0.2) is 0 Å². The standard InChI is InChI=1S/C29H29Cl2F2N3O3/c1-17-21(27(31)37)14-26(34(17)2)22-12-24(28(32)33)25(30)13-23(22)29(38)36-15-19-6-4-3-5-18(19)11-20(36)16-35-7-9-39-10-8-35/h3-6,12-14,20,28H,7-11,15-16H2,1-2H3/t20-/m0/s1. The van der Waals surface area contributed by atoms with Crippen LogP contribution >= 0.6 is 23.2 Å². The number of halogens is 4. The number of hydrogen-bond acceptors (Lipinski definition) is 4. The van der Waals surface area contributed by atoms with Crippen molar-refractivity contribution in [2.75, 3.05) is 32.8 Å². The summed E-state index contributed by atoms with van der Waals surface area (Å²) in [7, 11) is 1.71. The molecule has 2 aromatic carbocycles. The van der Waals surface area contributed by atoms with E-state index in [0.717, 1.165) is 18.7 Å². The van der Waals surface area contributed by atoms with Crippen LogP contribution in [-0.2, 0) is 24.8 Å². The summed E-state index contributed by atoms with van der Waals surface area (Å²) >= 11 is 12.1. The molecule has 0 radical (unpaired) electrons. The van der Waals surface area contributed by atoms with Crippen molar-refractivity contribution in [3.63, 3.8) is 0 Å². The summed E-state index contributed by atoms with van der Waals surface area (Å²) < 4.78 is 35.1. The number of amides is 1. The average molecular weight is 576 g/mol. The summed E-state index contributed by atoms with van der Waals surface area (Å²) in [5, 5.41) is -0.845. The highest BCUT2D eigenvalue weighted by Gasteiger charge is 2.34. The zero-order chi connectivity index (χ0) is 27.8. The van der Waals surface area contributed by atoms with E-state index in [0.29, 0.717) is 44.1 Å². The maximum absolute atomic E-state index is 14.4. The third-order valence-corrected chi connectivity index (χ3v) is 8.35. The molecule has 10 heteroatoms. The molecule has 0 saturated carbocycles. The highest BCUT2D eigenvalue weighted by molar-refractivity contribution is 6.68. The summed E-state index contributed by atoms with van der Waals surface area (Å²) in [5.41, 5.74) is 3.57. The van der Waals surface area contributed by atoms with Crippen molar-refractivity contribution in [1.29, 1.82) is 0 Å². The van der Waals surface area contributed by atoms with E-state index < -0.39 is 11.7 Å². The lowest BCUT2D eigenvalue weighted by atomic mass is 9.91. The van der Waals surface area contributed by atoms with E-state index in [1.165, 1.54) is 23.8 Å². The molecule has 2 aliphatic heterocycles. The number of ether oxygens (including phenoxy) is 1. The van der Waals surface area contributed by atoms with Crippen LogP contribution in [0.1, 0.15) is 49.5 Å². The van der Waals surface area contributed by atoms with Crippen LogP contribution in [0.3, 0.4) is 0 Å². The largest absolute Gasteiger partial charge is 0.379 e. The van der Waals surface area contributed by atoms with Crippen molar-refractivity contribution in [1.82, 2.24) is 14.4 Å². The predicted molar refractivity (Wildman–Crippen MR) is 147 cm³/mol. The maximum atomic E-state index is 14.4. The molecule has 1 amide bonds. The molecule has 3 aromatic rings. The zero-order valence-electron chi connectivity index (χ0n) is 21.7. The average Bonchev–Trinajstić information content (AvgIpc) is 3.22. The first-order valence-corrected chi connectivity index (χ1v) is 13.6. The molecule has 0 spiro atoms. The molecule has 1 saturated heterocycles. The Balaban J connectivity index is 1.61. The minimum absolute atomic E-state index is 0.137. The second-order valence-electron chi connectivity index (χ2n) is 10.1. The van der Waals surface area contributed by atoms with Gasteiger partial charge in [-0.2, -0.15) is 0 Å². The first-order valence-electron chi connectivity index (χ1n) is 12.8. The zero-order valence-corrected chi connectivity index (χ0v) is 23.2. The second kappa shape index (κ2) is 11.4. The van der Waals surface area contributed by atoms with Crippen LogP contribution in [-0.4, -0.2) is 64.4 Å². The van der Waals surface area contributed by atoms with E-state index in [1.807, 2.05) is 23.1 Å². The van der Waals surface area contributed by atoms with Crippen molar-refractivity contribution in [3.05, 3.63) is 81.0 Å². The van der Waals surface area contributed by atoms with Crippen LogP contribution in [0, 0.1) is 6.92 Å². The minimum atomic E-state index is -2.84. The summed E-state index contributed by atoms with van der Waals surface area (Å²) in [5.74, 6) is -0.307. The Labute approximate surface area is 236 Å². The molecular formula is C29H29Cl2F2N3O3. The van der Waals surface area contributed by atoms with Crippen molar-refractivity contribution in [2.24, 2.45) is 7.05 Å². The molecule has 1 aromatic heterocycles. The highest BCUT2D eigenvalue weighted by Crippen LogP contribution is 2.38. The van der Waals surface area contributed by atoms with Gasteiger partial charge in [0.05, 0.1) is 29.4 Å². The van der Waals surface area contributed by atoms with Gasteiger partial charge in [0.2, 0.25) is 0 Å². The minimum Gasteiger partial charge on any atom is -0.379 e. The molecule has 1 fully saturated rings. The van der Waals surface area contributed by atoms with Crippen LogP contribution in [0.15, 0.2) is 42.5 Å². The van der Waals surface area contributed by atoms with Gasteiger partial charge in [-0.15, -0.1) is 0 Å². The molecule has 5 rings (SSSR count). The van der Waals surface area contributed by atoms with Gasteiger partial charge in [-0.3, -0.25) is 14.5 Å². The Kier molecular flexibility index (Phi) is 8.10. The van der Waals surface area contributed by atoms with Crippen LogP contribution in [0.25, 0.3) is 11.3 Å². The number of nitrogens with zero attached hydrogens (tertiary/aromatic N) is 3. The molecule has 0 aliphatic carbocycles. The van der Waals surface area contributed by atoms with E-state index in [1.54, 1.807) is 18.5 Å². The van der Waals surface area contributed by atoms with E-state index in [4.69, 9.17) is 27.9 Å². The number of morpholine rings is 1. The lowest BCUT2D eigenvalue weighted by molar-refractivity contribution is 0.0193. The van der Waals surface area contributed by atoms with Gasteiger partial charge in [-0.05, 0) is 54.3 Å². The molecule has 1 atom stereocenters. The first kappa shape index (κ1) is 27.8. The van der Waals surface area contributed by atoms with Crippen LogP contribution in [0.2, 0.25) is 5.02 Å². The molecule has 206 valence electrons. The van der Waals surface area contributed by atoms with Crippen LogP contribution in [0.4, 0.5) is 8.78 Å². The number of benzene rings is 2. The van der Waals surface area contributed by atoms with Gasteiger partial charge in [0.25, 0.3) is 17.6 Å². The smallest absolute Gasteiger partial charge is 0.265 e. The highest BCUT2D eigenvalue weighted by atomic mass is 35.5. The van der Waals surface area contributed by atoms with Crippen molar-refractivity contribution in [3.8, 4) is 11.3 Å².